The Bertz CT molecular complexity index is 1040. The zero-order valence-electron chi connectivity index (χ0n) is 16.1. The normalized spacial score (nSPS) is 11.6. The first-order chi connectivity index (χ1) is 13.3. The van der Waals surface area contributed by atoms with Crippen LogP contribution in [0.1, 0.15) is 43.7 Å². The van der Waals surface area contributed by atoms with Crippen LogP contribution in [0.5, 0.6) is 0 Å². The summed E-state index contributed by atoms with van der Waals surface area (Å²) in [5.74, 6) is 0. The van der Waals surface area contributed by atoms with E-state index in [4.69, 9.17) is 5.73 Å². The topological polar surface area (TPSA) is 41.8 Å². The molecule has 0 aliphatic heterocycles. The van der Waals surface area contributed by atoms with Crippen molar-refractivity contribution in [3.05, 3.63) is 59.0 Å². The van der Waals surface area contributed by atoms with Crippen molar-refractivity contribution in [2.45, 2.75) is 45.4 Å². The highest BCUT2D eigenvalue weighted by Gasteiger charge is 2.16. The van der Waals surface area contributed by atoms with Crippen LogP contribution in [0.4, 0.5) is 0 Å². The molecule has 140 valence electrons. The Morgan fingerprint density at radius 3 is 2.70 bits per heavy atom. The van der Waals surface area contributed by atoms with Gasteiger partial charge < -0.3 is 10.7 Å². The van der Waals surface area contributed by atoms with E-state index >= 15 is 0 Å². The van der Waals surface area contributed by atoms with E-state index in [2.05, 4.69) is 59.8 Å². The monoisotopic (exact) mass is 376 g/mol. The Morgan fingerprint density at radius 2 is 1.85 bits per heavy atom. The maximum atomic E-state index is 5.76. The maximum Gasteiger partial charge on any atom is 0.0512 e. The van der Waals surface area contributed by atoms with Crippen LogP contribution in [-0.4, -0.2) is 11.5 Å². The van der Waals surface area contributed by atoms with Crippen molar-refractivity contribution in [3.8, 4) is 11.3 Å². The average Bonchev–Trinajstić information content (AvgIpc) is 3.27. The van der Waals surface area contributed by atoms with E-state index < -0.39 is 0 Å². The molecule has 3 N–H and O–H groups in total. The molecule has 0 spiro atoms. The largest absolute Gasteiger partial charge is 0.354 e. The molecule has 0 aliphatic rings. The molecule has 2 heterocycles. The number of unbranched alkanes of at least 4 members (excludes halogenated alkanes) is 2. The zero-order valence-corrected chi connectivity index (χ0v) is 16.9. The second-order valence-corrected chi connectivity index (χ2v) is 8.26. The number of aromatic amines is 1. The fourth-order valence-corrected chi connectivity index (χ4v) is 4.89. The number of nitrogens with two attached hydrogens (primary N) is 1. The smallest absolute Gasteiger partial charge is 0.0512 e. The number of H-pyrrole nitrogens is 1. The molecule has 0 unspecified atom stereocenters. The van der Waals surface area contributed by atoms with Gasteiger partial charge >= 0.3 is 0 Å². The number of aromatic nitrogens is 1. The van der Waals surface area contributed by atoms with Crippen molar-refractivity contribution < 1.29 is 0 Å². The summed E-state index contributed by atoms with van der Waals surface area (Å²) >= 11 is 1.83. The number of rotatable bonds is 8. The number of hydrogen-bond acceptors (Lipinski definition) is 2. The average molecular weight is 377 g/mol. The Kier molecular flexibility index (Phi) is 5.61. The zero-order chi connectivity index (χ0) is 18.6. The molecule has 0 aliphatic carbocycles. The van der Waals surface area contributed by atoms with Crippen molar-refractivity contribution in [2.75, 3.05) is 6.54 Å². The highest BCUT2D eigenvalue weighted by Crippen LogP contribution is 2.38. The second-order valence-electron chi connectivity index (χ2n) is 7.35. The molecule has 0 bridgehead atoms. The Labute approximate surface area is 165 Å². The van der Waals surface area contributed by atoms with E-state index in [1.807, 2.05) is 11.3 Å². The van der Waals surface area contributed by atoms with Crippen LogP contribution in [0, 0.1) is 0 Å². The number of aryl methyl sites for hydroxylation is 2. The van der Waals surface area contributed by atoms with E-state index in [0.717, 1.165) is 32.2 Å². The second kappa shape index (κ2) is 8.28. The highest BCUT2D eigenvalue weighted by atomic mass is 32.1. The standard InChI is InChI=1S/C24H28N2S/c1-2-3-8-17-12-13-22-20(15-17)19(10-6-7-14-25)24(26-22)21-16-27-23-11-5-4-9-18(21)23/h4-5,9,11-13,15-16,26H,2-3,6-8,10,14,25H2,1H3. The maximum absolute atomic E-state index is 5.76. The summed E-state index contributed by atoms with van der Waals surface area (Å²) in [6.45, 7) is 3.02. The van der Waals surface area contributed by atoms with Gasteiger partial charge in [0.2, 0.25) is 0 Å². The molecular formula is C24H28N2S. The van der Waals surface area contributed by atoms with Gasteiger partial charge in [-0.05, 0) is 68.0 Å². The molecule has 0 fully saturated rings. The quantitative estimate of drug-likeness (QED) is 0.331. The summed E-state index contributed by atoms with van der Waals surface area (Å²) < 4.78 is 1.35. The molecule has 2 aromatic heterocycles. The van der Waals surface area contributed by atoms with Gasteiger partial charge in [0.25, 0.3) is 0 Å². The Balaban J connectivity index is 1.84. The van der Waals surface area contributed by atoms with Gasteiger partial charge in [0, 0.05) is 31.9 Å². The van der Waals surface area contributed by atoms with Gasteiger partial charge in [-0.3, -0.25) is 0 Å². The van der Waals surface area contributed by atoms with E-state index in [1.165, 1.54) is 56.2 Å². The van der Waals surface area contributed by atoms with Gasteiger partial charge in [-0.2, -0.15) is 0 Å². The Hall–Kier alpha value is -2.10. The van der Waals surface area contributed by atoms with Crippen LogP contribution < -0.4 is 5.73 Å². The minimum Gasteiger partial charge on any atom is -0.354 e. The lowest BCUT2D eigenvalue weighted by atomic mass is 9.98. The molecule has 0 amide bonds. The fourth-order valence-electron chi connectivity index (χ4n) is 3.94. The van der Waals surface area contributed by atoms with Gasteiger partial charge in [-0.25, -0.2) is 0 Å². The van der Waals surface area contributed by atoms with Crippen LogP contribution in [0.15, 0.2) is 47.8 Å². The van der Waals surface area contributed by atoms with E-state index in [-0.39, 0.29) is 0 Å². The predicted octanol–water partition coefficient (Wildman–Crippen LogP) is 6.67. The van der Waals surface area contributed by atoms with Gasteiger partial charge in [0.15, 0.2) is 0 Å². The third-order valence-corrected chi connectivity index (χ3v) is 6.38. The SMILES string of the molecule is CCCCc1ccc2[nH]c(-c3csc4ccccc34)c(CCCCN)c2c1. The summed E-state index contributed by atoms with van der Waals surface area (Å²) in [4.78, 5) is 3.74. The van der Waals surface area contributed by atoms with Gasteiger partial charge in [-0.15, -0.1) is 11.3 Å². The van der Waals surface area contributed by atoms with E-state index in [1.54, 1.807) is 0 Å². The third-order valence-electron chi connectivity index (χ3n) is 5.42. The van der Waals surface area contributed by atoms with Gasteiger partial charge in [0.05, 0.1) is 5.69 Å². The first-order valence-electron chi connectivity index (χ1n) is 10.1. The van der Waals surface area contributed by atoms with Crippen LogP contribution in [-0.2, 0) is 12.8 Å². The molecule has 2 nitrogen and oxygen atoms in total. The lowest BCUT2D eigenvalue weighted by molar-refractivity contribution is 0.748. The molecule has 2 aromatic carbocycles. The van der Waals surface area contributed by atoms with E-state index in [0.29, 0.717) is 0 Å². The summed E-state index contributed by atoms with van der Waals surface area (Å²) in [6.07, 6.45) is 6.94. The predicted molar refractivity (Wildman–Crippen MR) is 120 cm³/mol. The number of benzene rings is 2. The number of hydrogen-bond donors (Lipinski definition) is 2. The molecule has 4 rings (SSSR count). The molecular weight excluding hydrogens is 348 g/mol. The molecule has 0 saturated carbocycles. The van der Waals surface area contributed by atoms with Crippen molar-refractivity contribution in [1.29, 1.82) is 0 Å². The molecule has 0 atom stereocenters. The van der Waals surface area contributed by atoms with Crippen LogP contribution >= 0.6 is 11.3 Å². The molecule has 27 heavy (non-hydrogen) atoms. The van der Waals surface area contributed by atoms with Crippen molar-refractivity contribution in [3.63, 3.8) is 0 Å². The van der Waals surface area contributed by atoms with Crippen LogP contribution in [0.2, 0.25) is 0 Å². The fraction of sp³-hybridized carbons (Fsp3) is 0.333. The van der Waals surface area contributed by atoms with Crippen molar-refractivity contribution >= 4 is 32.3 Å². The molecule has 3 heteroatoms. The first-order valence-corrected chi connectivity index (χ1v) is 11.0. The molecule has 4 aromatic rings. The summed E-state index contributed by atoms with van der Waals surface area (Å²) in [6, 6.07) is 15.7. The van der Waals surface area contributed by atoms with Crippen LogP contribution in [0.3, 0.4) is 0 Å². The van der Waals surface area contributed by atoms with Crippen molar-refractivity contribution in [1.82, 2.24) is 4.98 Å². The highest BCUT2D eigenvalue weighted by molar-refractivity contribution is 7.17. The van der Waals surface area contributed by atoms with Gasteiger partial charge in [-0.1, -0.05) is 37.6 Å². The van der Waals surface area contributed by atoms with Crippen LogP contribution in [0.25, 0.3) is 32.2 Å². The number of thiophene rings is 1. The summed E-state index contributed by atoms with van der Waals surface area (Å²) in [5, 5.41) is 5.05. The minimum absolute atomic E-state index is 0.765. The minimum atomic E-state index is 0.765. The lowest BCUT2D eigenvalue weighted by Gasteiger charge is -2.06. The summed E-state index contributed by atoms with van der Waals surface area (Å²) in [7, 11) is 0. The van der Waals surface area contributed by atoms with Crippen molar-refractivity contribution in [2.24, 2.45) is 5.73 Å². The Morgan fingerprint density at radius 1 is 0.963 bits per heavy atom. The molecule has 0 saturated heterocycles. The molecule has 0 radical (unpaired) electrons. The number of nitrogens with one attached hydrogen (secondary N) is 1. The third kappa shape index (κ3) is 3.67. The summed E-state index contributed by atoms with van der Waals surface area (Å²) in [5.41, 5.74) is 12.6. The first kappa shape index (κ1) is 18.3. The van der Waals surface area contributed by atoms with E-state index in [9.17, 15) is 0 Å². The van der Waals surface area contributed by atoms with Gasteiger partial charge in [0.1, 0.15) is 0 Å². The number of fused-ring (bicyclic) bond motifs is 2. The lowest BCUT2D eigenvalue weighted by Crippen LogP contribution is -1.99.